The Kier molecular flexibility index (Phi) is 5.18. The number of nitrogens with one attached hydrogen (secondary N) is 1. The molecule has 0 aliphatic carbocycles. The van der Waals surface area contributed by atoms with Crippen LogP contribution in [0.4, 0.5) is 11.4 Å². The number of non-ortho nitro benzene ring substituents is 1. The lowest BCUT2D eigenvalue weighted by atomic mass is 9.93. The number of thiophene rings is 1. The fourth-order valence-electron chi connectivity index (χ4n) is 3.65. The minimum atomic E-state index is -0.468. The third-order valence-corrected chi connectivity index (χ3v) is 5.86. The van der Waals surface area contributed by atoms with E-state index >= 15 is 0 Å². The largest absolute Gasteiger partial charge is 0.325 e. The van der Waals surface area contributed by atoms with Gasteiger partial charge in [-0.3, -0.25) is 19.8 Å². The number of nitrogens with zero attached hydrogens (tertiary/aromatic N) is 2. The SMILES string of the molecule is O=C(CN1CCc2sccc2C1c1ccccc1)Nc1cccc([N+](=O)[O-])c1. The summed E-state index contributed by atoms with van der Waals surface area (Å²) < 4.78 is 0. The quantitative estimate of drug-likeness (QED) is 0.520. The number of rotatable bonds is 5. The third-order valence-electron chi connectivity index (χ3n) is 4.87. The maximum Gasteiger partial charge on any atom is 0.271 e. The van der Waals surface area contributed by atoms with Crippen LogP contribution in [0.2, 0.25) is 0 Å². The molecule has 1 atom stereocenters. The first-order valence-electron chi connectivity index (χ1n) is 9.01. The van der Waals surface area contributed by atoms with Crippen molar-refractivity contribution in [3.63, 3.8) is 0 Å². The van der Waals surface area contributed by atoms with Crippen LogP contribution in [0.1, 0.15) is 22.0 Å². The van der Waals surface area contributed by atoms with Gasteiger partial charge in [-0.15, -0.1) is 11.3 Å². The fraction of sp³-hybridized carbons (Fsp3) is 0.190. The standard InChI is InChI=1S/C21H19N3O3S/c25-20(22-16-7-4-8-17(13-16)24(26)27)14-23-11-9-19-18(10-12-28-19)21(23)15-5-2-1-3-6-15/h1-8,10,12-13,21H,9,11,14H2,(H,22,25). The topological polar surface area (TPSA) is 75.5 Å². The maximum atomic E-state index is 12.7. The van der Waals surface area contributed by atoms with E-state index in [2.05, 4.69) is 33.8 Å². The minimum absolute atomic E-state index is 0.0343. The smallest absolute Gasteiger partial charge is 0.271 e. The summed E-state index contributed by atoms with van der Waals surface area (Å²) in [7, 11) is 0. The number of anilines is 1. The molecule has 6 nitrogen and oxygen atoms in total. The number of nitro groups is 1. The predicted molar refractivity (Wildman–Crippen MR) is 110 cm³/mol. The number of benzene rings is 2. The van der Waals surface area contributed by atoms with E-state index in [1.165, 1.54) is 22.6 Å². The van der Waals surface area contributed by atoms with Crippen molar-refractivity contribution in [1.82, 2.24) is 4.90 Å². The molecule has 0 radical (unpaired) electrons. The molecule has 1 N–H and O–H groups in total. The Morgan fingerprint density at radius 1 is 1.18 bits per heavy atom. The molecule has 1 aromatic heterocycles. The molecule has 0 bridgehead atoms. The van der Waals surface area contributed by atoms with Crippen LogP contribution in [-0.2, 0) is 11.2 Å². The Bertz CT molecular complexity index is 1000. The van der Waals surface area contributed by atoms with Gasteiger partial charge in [0.15, 0.2) is 0 Å². The van der Waals surface area contributed by atoms with Gasteiger partial charge in [0.1, 0.15) is 0 Å². The Morgan fingerprint density at radius 2 is 2.00 bits per heavy atom. The van der Waals surface area contributed by atoms with Gasteiger partial charge in [-0.05, 0) is 35.1 Å². The minimum Gasteiger partial charge on any atom is -0.325 e. The molecule has 142 valence electrons. The first-order valence-corrected chi connectivity index (χ1v) is 9.89. The van der Waals surface area contributed by atoms with Crippen LogP contribution in [0.3, 0.4) is 0 Å². The molecular formula is C21H19N3O3S. The van der Waals surface area contributed by atoms with Crippen molar-refractivity contribution in [2.45, 2.75) is 12.5 Å². The summed E-state index contributed by atoms with van der Waals surface area (Å²) in [6.07, 6.45) is 0.917. The molecule has 4 rings (SSSR count). The summed E-state index contributed by atoms with van der Waals surface area (Å²) in [6, 6.07) is 18.4. The highest BCUT2D eigenvalue weighted by Crippen LogP contribution is 2.37. The predicted octanol–water partition coefficient (Wildman–Crippen LogP) is 4.24. The second-order valence-corrected chi connectivity index (χ2v) is 7.69. The van der Waals surface area contributed by atoms with Crippen molar-refractivity contribution < 1.29 is 9.72 Å². The molecule has 1 aliphatic rings. The van der Waals surface area contributed by atoms with E-state index in [1.54, 1.807) is 23.5 Å². The Balaban J connectivity index is 1.54. The molecule has 0 saturated carbocycles. The van der Waals surface area contributed by atoms with Gasteiger partial charge in [-0.2, -0.15) is 0 Å². The normalized spacial score (nSPS) is 16.4. The molecule has 1 aliphatic heterocycles. The molecule has 1 amide bonds. The molecule has 3 aromatic rings. The van der Waals surface area contributed by atoms with Crippen LogP contribution in [-0.4, -0.2) is 28.8 Å². The molecular weight excluding hydrogens is 374 g/mol. The second kappa shape index (κ2) is 7.92. The highest BCUT2D eigenvalue weighted by atomic mass is 32.1. The lowest BCUT2D eigenvalue weighted by molar-refractivity contribution is -0.384. The molecule has 1 unspecified atom stereocenters. The van der Waals surface area contributed by atoms with Crippen molar-refractivity contribution in [1.29, 1.82) is 0 Å². The van der Waals surface area contributed by atoms with Crippen LogP contribution >= 0.6 is 11.3 Å². The van der Waals surface area contributed by atoms with E-state index in [1.807, 2.05) is 18.2 Å². The van der Waals surface area contributed by atoms with Crippen LogP contribution in [0.15, 0.2) is 66.0 Å². The van der Waals surface area contributed by atoms with E-state index in [9.17, 15) is 14.9 Å². The summed E-state index contributed by atoms with van der Waals surface area (Å²) in [5.74, 6) is -0.180. The van der Waals surface area contributed by atoms with Gasteiger partial charge in [0.2, 0.25) is 5.91 Å². The van der Waals surface area contributed by atoms with Crippen LogP contribution in [0.5, 0.6) is 0 Å². The van der Waals surface area contributed by atoms with Crippen molar-refractivity contribution in [3.8, 4) is 0 Å². The molecule has 0 saturated heterocycles. The van der Waals surface area contributed by atoms with Gasteiger partial charge in [-0.1, -0.05) is 36.4 Å². The first-order chi connectivity index (χ1) is 13.6. The summed E-state index contributed by atoms with van der Waals surface area (Å²) in [4.78, 5) is 26.7. The second-order valence-electron chi connectivity index (χ2n) is 6.69. The van der Waals surface area contributed by atoms with Gasteiger partial charge >= 0.3 is 0 Å². The summed E-state index contributed by atoms with van der Waals surface area (Å²) in [5, 5.41) is 15.8. The maximum absolute atomic E-state index is 12.7. The molecule has 0 fully saturated rings. The van der Waals surface area contributed by atoms with Gasteiger partial charge in [-0.25, -0.2) is 0 Å². The van der Waals surface area contributed by atoms with Crippen LogP contribution in [0.25, 0.3) is 0 Å². The monoisotopic (exact) mass is 393 g/mol. The Labute approximate surface area is 166 Å². The Morgan fingerprint density at radius 3 is 2.79 bits per heavy atom. The lowest BCUT2D eigenvalue weighted by Gasteiger charge is -2.35. The lowest BCUT2D eigenvalue weighted by Crippen LogP contribution is -2.40. The number of carbonyl (C=O) groups is 1. The van der Waals surface area contributed by atoms with Gasteiger partial charge in [0, 0.05) is 29.2 Å². The highest BCUT2D eigenvalue weighted by molar-refractivity contribution is 7.10. The molecule has 2 aromatic carbocycles. The number of hydrogen-bond donors (Lipinski definition) is 1. The van der Waals surface area contributed by atoms with Crippen molar-refractivity contribution in [2.75, 3.05) is 18.4 Å². The number of hydrogen-bond acceptors (Lipinski definition) is 5. The van der Waals surface area contributed by atoms with E-state index in [0.29, 0.717) is 5.69 Å². The van der Waals surface area contributed by atoms with Crippen molar-refractivity contribution in [2.24, 2.45) is 0 Å². The summed E-state index contributed by atoms with van der Waals surface area (Å²) >= 11 is 1.76. The molecule has 0 spiro atoms. The van der Waals surface area contributed by atoms with Crippen LogP contribution in [0, 0.1) is 10.1 Å². The average molecular weight is 393 g/mol. The van der Waals surface area contributed by atoms with Crippen molar-refractivity contribution >= 4 is 28.6 Å². The molecule has 28 heavy (non-hydrogen) atoms. The van der Waals surface area contributed by atoms with E-state index in [4.69, 9.17) is 0 Å². The average Bonchev–Trinajstić information content (AvgIpc) is 3.17. The van der Waals surface area contributed by atoms with E-state index < -0.39 is 4.92 Å². The number of nitro benzene ring substituents is 1. The first kappa shape index (κ1) is 18.3. The zero-order valence-electron chi connectivity index (χ0n) is 15.1. The summed E-state index contributed by atoms with van der Waals surface area (Å²) in [5.41, 5.74) is 2.81. The van der Waals surface area contributed by atoms with Gasteiger partial charge < -0.3 is 5.32 Å². The van der Waals surface area contributed by atoms with E-state index in [-0.39, 0.29) is 24.2 Å². The highest BCUT2D eigenvalue weighted by Gasteiger charge is 2.30. The fourth-order valence-corrected chi connectivity index (χ4v) is 4.55. The number of fused-ring (bicyclic) bond motifs is 1. The van der Waals surface area contributed by atoms with Crippen molar-refractivity contribution in [3.05, 3.63) is 92.2 Å². The number of amides is 1. The van der Waals surface area contributed by atoms with Gasteiger partial charge in [0.25, 0.3) is 5.69 Å². The third kappa shape index (κ3) is 3.81. The van der Waals surface area contributed by atoms with Gasteiger partial charge in [0.05, 0.1) is 17.5 Å². The summed E-state index contributed by atoms with van der Waals surface area (Å²) in [6.45, 7) is 1.01. The number of carbonyl (C=O) groups excluding carboxylic acids is 1. The zero-order valence-corrected chi connectivity index (χ0v) is 15.9. The molecule has 2 heterocycles. The molecule has 7 heteroatoms. The zero-order chi connectivity index (χ0) is 19.5. The van der Waals surface area contributed by atoms with Crippen LogP contribution < -0.4 is 5.32 Å². The Hall–Kier alpha value is -3.03. The van der Waals surface area contributed by atoms with E-state index in [0.717, 1.165) is 18.5 Å².